The molecule has 0 bridgehead atoms. The molecule has 4 heteroatoms. The van der Waals surface area contributed by atoms with E-state index in [1.54, 1.807) is 11.8 Å². The van der Waals surface area contributed by atoms with Gasteiger partial charge in [0.15, 0.2) is 0 Å². The van der Waals surface area contributed by atoms with E-state index in [4.69, 9.17) is 5.84 Å². The fourth-order valence-electron chi connectivity index (χ4n) is 0.443. The lowest BCUT2D eigenvalue weighted by Gasteiger charge is -2.05. The predicted molar refractivity (Wildman–Crippen MR) is 39.9 cm³/mol. The molecule has 0 aromatic carbocycles. The van der Waals surface area contributed by atoms with Crippen molar-refractivity contribution >= 4 is 17.7 Å². The molecule has 0 fully saturated rings. The van der Waals surface area contributed by atoms with Crippen molar-refractivity contribution in [1.29, 1.82) is 0 Å². The molecule has 0 aromatic rings. The molecule has 9 heavy (non-hydrogen) atoms. The number of carbonyl (C=O) groups excluding carboxylic acids is 1. The van der Waals surface area contributed by atoms with Crippen molar-refractivity contribution in [3.05, 3.63) is 0 Å². The van der Waals surface area contributed by atoms with Crippen molar-refractivity contribution < 1.29 is 4.79 Å². The smallest absolute Gasteiger partial charge is 0.246 e. The first-order valence-electron chi connectivity index (χ1n) is 2.84. The molecule has 0 saturated carbocycles. The Labute approximate surface area is 59.3 Å². The standard InChI is InChI=1S/C5H12N2OS/c1-3-9-4(2)5(8)7-6/h4H,3,6H2,1-2H3,(H,7,8). The lowest BCUT2D eigenvalue weighted by Crippen LogP contribution is -2.36. The van der Waals surface area contributed by atoms with Gasteiger partial charge in [-0.1, -0.05) is 6.92 Å². The molecule has 1 atom stereocenters. The maximum Gasteiger partial charge on any atom is 0.246 e. The third-order valence-corrected chi connectivity index (χ3v) is 1.98. The Morgan fingerprint density at radius 3 is 2.78 bits per heavy atom. The molecule has 0 aromatic heterocycles. The average Bonchev–Trinajstić information content (AvgIpc) is 1.87. The van der Waals surface area contributed by atoms with Gasteiger partial charge in [-0.05, 0) is 12.7 Å². The van der Waals surface area contributed by atoms with Crippen LogP contribution in [0.4, 0.5) is 0 Å². The number of nitrogens with two attached hydrogens (primary N) is 1. The van der Waals surface area contributed by atoms with E-state index in [-0.39, 0.29) is 11.2 Å². The van der Waals surface area contributed by atoms with Crippen LogP contribution in [0.5, 0.6) is 0 Å². The van der Waals surface area contributed by atoms with Gasteiger partial charge in [0.25, 0.3) is 0 Å². The molecule has 1 amide bonds. The van der Waals surface area contributed by atoms with Crippen molar-refractivity contribution in [3.8, 4) is 0 Å². The van der Waals surface area contributed by atoms with E-state index in [9.17, 15) is 4.79 Å². The Morgan fingerprint density at radius 2 is 2.44 bits per heavy atom. The number of hydrogen-bond acceptors (Lipinski definition) is 3. The maximum absolute atomic E-state index is 10.6. The predicted octanol–water partition coefficient (Wildman–Crippen LogP) is 0.118. The van der Waals surface area contributed by atoms with Crippen LogP contribution in [0.3, 0.4) is 0 Å². The van der Waals surface area contributed by atoms with Crippen LogP contribution in [0.25, 0.3) is 0 Å². The Morgan fingerprint density at radius 1 is 1.89 bits per heavy atom. The van der Waals surface area contributed by atoms with Crippen molar-refractivity contribution in [2.75, 3.05) is 5.75 Å². The van der Waals surface area contributed by atoms with Gasteiger partial charge in [-0.2, -0.15) is 0 Å². The van der Waals surface area contributed by atoms with E-state index in [0.717, 1.165) is 5.75 Å². The van der Waals surface area contributed by atoms with Crippen LogP contribution >= 0.6 is 11.8 Å². The van der Waals surface area contributed by atoms with Crippen molar-refractivity contribution in [1.82, 2.24) is 5.43 Å². The van der Waals surface area contributed by atoms with E-state index < -0.39 is 0 Å². The van der Waals surface area contributed by atoms with E-state index in [1.807, 2.05) is 13.8 Å². The minimum absolute atomic E-state index is 0.0278. The average molecular weight is 148 g/mol. The first-order chi connectivity index (χ1) is 4.22. The molecule has 0 spiro atoms. The number of amides is 1. The fraction of sp³-hybridized carbons (Fsp3) is 0.800. The summed E-state index contributed by atoms with van der Waals surface area (Å²) in [5, 5.41) is -0.0278. The second kappa shape index (κ2) is 4.64. The summed E-state index contributed by atoms with van der Waals surface area (Å²) in [5.41, 5.74) is 2.09. The van der Waals surface area contributed by atoms with Crippen LogP contribution in [0.2, 0.25) is 0 Å². The second-order valence-corrected chi connectivity index (χ2v) is 3.22. The van der Waals surface area contributed by atoms with Crippen molar-refractivity contribution in [2.24, 2.45) is 5.84 Å². The SMILES string of the molecule is CCSC(C)C(=O)NN. The van der Waals surface area contributed by atoms with Gasteiger partial charge in [0, 0.05) is 0 Å². The van der Waals surface area contributed by atoms with Crippen molar-refractivity contribution in [2.45, 2.75) is 19.1 Å². The third-order valence-electron chi connectivity index (χ3n) is 0.928. The van der Waals surface area contributed by atoms with Gasteiger partial charge in [-0.15, -0.1) is 11.8 Å². The summed E-state index contributed by atoms with van der Waals surface area (Å²) < 4.78 is 0. The van der Waals surface area contributed by atoms with Crippen molar-refractivity contribution in [3.63, 3.8) is 0 Å². The zero-order chi connectivity index (χ0) is 7.28. The number of hydrogen-bond donors (Lipinski definition) is 2. The molecular weight excluding hydrogens is 136 g/mol. The topological polar surface area (TPSA) is 55.1 Å². The summed E-state index contributed by atoms with van der Waals surface area (Å²) in [4.78, 5) is 10.6. The Bertz CT molecular complexity index is 97.0. The molecule has 0 saturated heterocycles. The number of hydrazine groups is 1. The van der Waals surface area contributed by atoms with Gasteiger partial charge >= 0.3 is 0 Å². The van der Waals surface area contributed by atoms with Crippen LogP contribution < -0.4 is 11.3 Å². The Kier molecular flexibility index (Phi) is 4.53. The second-order valence-electron chi connectivity index (χ2n) is 1.61. The van der Waals surface area contributed by atoms with Crippen LogP contribution in [-0.4, -0.2) is 16.9 Å². The first-order valence-corrected chi connectivity index (χ1v) is 3.89. The number of carbonyl (C=O) groups is 1. The lowest BCUT2D eigenvalue weighted by molar-refractivity contribution is -0.120. The normalized spacial score (nSPS) is 12.8. The third kappa shape index (κ3) is 3.37. The summed E-state index contributed by atoms with van der Waals surface area (Å²) in [6, 6.07) is 0. The molecule has 3 N–H and O–H groups in total. The van der Waals surface area contributed by atoms with Crippen LogP contribution in [0.1, 0.15) is 13.8 Å². The summed E-state index contributed by atoms with van der Waals surface area (Å²) in [5.74, 6) is 5.72. The molecule has 0 aliphatic heterocycles. The monoisotopic (exact) mass is 148 g/mol. The minimum Gasteiger partial charge on any atom is -0.293 e. The number of nitrogens with one attached hydrogen (secondary N) is 1. The van der Waals surface area contributed by atoms with Gasteiger partial charge in [0.05, 0.1) is 5.25 Å². The maximum atomic E-state index is 10.6. The van der Waals surface area contributed by atoms with Gasteiger partial charge in [0.1, 0.15) is 0 Å². The van der Waals surface area contributed by atoms with E-state index in [0.29, 0.717) is 0 Å². The number of thioether (sulfide) groups is 1. The summed E-state index contributed by atoms with van der Waals surface area (Å²) in [6.45, 7) is 3.83. The molecule has 0 aliphatic rings. The molecule has 0 rings (SSSR count). The van der Waals surface area contributed by atoms with Crippen LogP contribution in [-0.2, 0) is 4.79 Å². The summed E-state index contributed by atoms with van der Waals surface area (Å²) in [6.07, 6.45) is 0. The molecule has 0 heterocycles. The Balaban J connectivity index is 3.45. The highest BCUT2D eigenvalue weighted by molar-refractivity contribution is 8.00. The zero-order valence-electron chi connectivity index (χ0n) is 5.68. The van der Waals surface area contributed by atoms with Gasteiger partial charge in [-0.25, -0.2) is 5.84 Å². The highest BCUT2D eigenvalue weighted by Gasteiger charge is 2.08. The zero-order valence-corrected chi connectivity index (χ0v) is 6.49. The highest BCUT2D eigenvalue weighted by Crippen LogP contribution is 2.07. The van der Waals surface area contributed by atoms with E-state index >= 15 is 0 Å². The van der Waals surface area contributed by atoms with Gasteiger partial charge in [-0.3, -0.25) is 10.2 Å². The first kappa shape index (κ1) is 8.78. The molecule has 54 valence electrons. The number of rotatable bonds is 3. The fourth-order valence-corrected chi connectivity index (χ4v) is 1.16. The van der Waals surface area contributed by atoms with E-state index in [1.165, 1.54) is 0 Å². The Hall–Kier alpha value is -0.220. The van der Waals surface area contributed by atoms with Gasteiger partial charge < -0.3 is 0 Å². The molecule has 1 unspecified atom stereocenters. The minimum atomic E-state index is -0.109. The quantitative estimate of drug-likeness (QED) is 0.339. The van der Waals surface area contributed by atoms with Crippen LogP contribution in [0.15, 0.2) is 0 Å². The molecular formula is C5H12N2OS. The molecule has 3 nitrogen and oxygen atoms in total. The van der Waals surface area contributed by atoms with Crippen LogP contribution in [0, 0.1) is 0 Å². The van der Waals surface area contributed by atoms with E-state index in [2.05, 4.69) is 5.43 Å². The molecule has 0 aliphatic carbocycles. The highest BCUT2D eigenvalue weighted by atomic mass is 32.2. The van der Waals surface area contributed by atoms with Gasteiger partial charge in [0.2, 0.25) is 5.91 Å². The molecule has 0 radical (unpaired) electrons. The lowest BCUT2D eigenvalue weighted by atomic mass is 10.5. The summed E-state index contributed by atoms with van der Waals surface area (Å²) in [7, 11) is 0. The largest absolute Gasteiger partial charge is 0.293 e. The summed E-state index contributed by atoms with van der Waals surface area (Å²) >= 11 is 1.57.